The van der Waals surface area contributed by atoms with E-state index in [1.165, 1.54) is 5.56 Å². The van der Waals surface area contributed by atoms with Gasteiger partial charge >= 0.3 is 11.9 Å². The Kier molecular flexibility index (Phi) is 10.6. The van der Waals surface area contributed by atoms with Gasteiger partial charge in [0.25, 0.3) is 0 Å². The summed E-state index contributed by atoms with van der Waals surface area (Å²) in [6, 6.07) is 24.1. The van der Waals surface area contributed by atoms with E-state index in [1.54, 1.807) is 6.92 Å². The number of carboxylic acid groups (broad SMARTS) is 1. The van der Waals surface area contributed by atoms with Crippen molar-refractivity contribution in [2.24, 2.45) is 0 Å². The van der Waals surface area contributed by atoms with Crippen molar-refractivity contribution >= 4 is 29.8 Å². The maximum atomic E-state index is 11.8. The van der Waals surface area contributed by atoms with Gasteiger partial charge < -0.3 is 24.2 Å². The molecule has 1 aliphatic rings. The first-order valence-electron chi connectivity index (χ1n) is 13.9. The first kappa shape index (κ1) is 28.7. The molecule has 7 heteroatoms. The van der Waals surface area contributed by atoms with E-state index in [4.69, 9.17) is 14.2 Å². The Balaban J connectivity index is 1.35. The fourth-order valence-corrected chi connectivity index (χ4v) is 4.64. The van der Waals surface area contributed by atoms with Crippen molar-refractivity contribution in [1.29, 1.82) is 0 Å². The number of anilines is 1. The molecule has 0 bridgehead atoms. The van der Waals surface area contributed by atoms with E-state index in [-0.39, 0.29) is 18.9 Å². The summed E-state index contributed by atoms with van der Waals surface area (Å²) in [5, 5.41) is 9.68. The summed E-state index contributed by atoms with van der Waals surface area (Å²) in [5.41, 5.74) is 3.95. The molecule has 0 radical (unpaired) electrons. The molecule has 0 spiro atoms. The van der Waals surface area contributed by atoms with Crippen molar-refractivity contribution in [2.45, 2.75) is 45.1 Å². The van der Waals surface area contributed by atoms with Crippen LogP contribution in [0.25, 0.3) is 12.2 Å². The highest BCUT2D eigenvalue weighted by molar-refractivity contribution is 5.81. The second-order valence-electron chi connectivity index (χ2n) is 9.69. The summed E-state index contributed by atoms with van der Waals surface area (Å²) in [5.74, 6) is 0.0986. The van der Waals surface area contributed by atoms with Crippen molar-refractivity contribution in [3.8, 4) is 11.5 Å². The van der Waals surface area contributed by atoms with E-state index in [0.717, 1.165) is 41.8 Å². The van der Waals surface area contributed by atoms with Crippen molar-refractivity contribution in [1.82, 2.24) is 0 Å². The van der Waals surface area contributed by atoms with Gasteiger partial charge in [-0.15, -0.1) is 0 Å². The quantitative estimate of drug-likeness (QED) is 0.146. The van der Waals surface area contributed by atoms with E-state index in [0.29, 0.717) is 31.9 Å². The van der Waals surface area contributed by atoms with Gasteiger partial charge in [-0.1, -0.05) is 66.7 Å². The normalized spacial score (nSPS) is 14.4. The topological polar surface area (TPSA) is 85.3 Å². The molecule has 7 nitrogen and oxygen atoms in total. The molecule has 0 saturated carbocycles. The van der Waals surface area contributed by atoms with Gasteiger partial charge in [0.05, 0.1) is 25.4 Å². The van der Waals surface area contributed by atoms with E-state index in [9.17, 15) is 14.7 Å². The number of aliphatic carboxylic acids is 1. The smallest absolute Gasteiger partial charge is 0.346 e. The maximum Gasteiger partial charge on any atom is 0.346 e. The predicted molar refractivity (Wildman–Crippen MR) is 157 cm³/mol. The minimum atomic E-state index is -1.02. The number of hydrogen-bond donors (Lipinski definition) is 1. The molecule has 0 aliphatic carbocycles. The number of ether oxygens (including phenoxy) is 3. The number of nitrogens with zero attached hydrogens (tertiary/aromatic N) is 1. The summed E-state index contributed by atoms with van der Waals surface area (Å²) in [4.78, 5) is 25.5. The summed E-state index contributed by atoms with van der Waals surface area (Å²) in [6.07, 6.45) is 6.88. The van der Waals surface area contributed by atoms with Crippen LogP contribution in [0.5, 0.6) is 11.5 Å². The minimum Gasteiger partial charge on any atom is -0.494 e. The number of hydrogen-bond acceptors (Lipinski definition) is 6. The van der Waals surface area contributed by atoms with Crippen molar-refractivity contribution in [3.63, 3.8) is 0 Å². The molecule has 1 atom stereocenters. The summed E-state index contributed by atoms with van der Waals surface area (Å²) in [7, 11) is 0. The average Bonchev–Trinajstić information content (AvgIpc) is 2.97. The third-order valence-electron chi connectivity index (χ3n) is 6.71. The first-order valence-corrected chi connectivity index (χ1v) is 13.9. The second-order valence-corrected chi connectivity index (χ2v) is 9.69. The Labute approximate surface area is 236 Å². The van der Waals surface area contributed by atoms with Gasteiger partial charge in [-0.25, -0.2) is 4.79 Å². The molecule has 1 aliphatic heterocycles. The molecule has 3 aromatic rings. The second kappa shape index (κ2) is 14.8. The van der Waals surface area contributed by atoms with Gasteiger partial charge in [-0.05, 0) is 61.9 Å². The van der Waals surface area contributed by atoms with Crippen LogP contribution in [0.3, 0.4) is 0 Å². The minimum absolute atomic E-state index is 0.214. The van der Waals surface area contributed by atoms with Gasteiger partial charge in [-0.3, -0.25) is 4.79 Å². The van der Waals surface area contributed by atoms with Crippen LogP contribution in [0.15, 0.2) is 72.8 Å². The molecule has 4 rings (SSSR count). The summed E-state index contributed by atoms with van der Waals surface area (Å²) in [6.45, 7) is 3.55. The number of esters is 1. The molecule has 40 heavy (non-hydrogen) atoms. The Morgan fingerprint density at radius 2 is 1.77 bits per heavy atom. The molecule has 1 unspecified atom stereocenters. The van der Waals surface area contributed by atoms with Crippen molar-refractivity contribution in [3.05, 3.63) is 89.5 Å². The highest BCUT2D eigenvalue weighted by atomic mass is 16.5. The highest BCUT2D eigenvalue weighted by Gasteiger charge is 2.31. The molecule has 0 fully saturated rings. The van der Waals surface area contributed by atoms with Crippen LogP contribution in [-0.4, -0.2) is 49.5 Å². The summed E-state index contributed by atoms with van der Waals surface area (Å²) >= 11 is 0. The number of fused-ring (bicyclic) bond motifs is 1. The number of carboxylic acids is 1. The van der Waals surface area contributed by atoms with E-state index in [2.05, 4.69) is 24.3 Å². The molecule has 1 N–H and O–H groups in total. The first-order chi connectivity index (χ1) is 19.5. The zero-order chi connectivity index (χ0) is 28.2. The standard InChI is InChI=1S/C33H37NO6/c1-2-38-31(35)15-9-22-34-24-30(33(36)37)40-32-27(13-8-14-29(32)34)19-16-26-17-20-28(21-18-26)39-23-7-6-12-25-10-4-3-5-11-25/h3-5,8,10-11,13-14,16-21,30H,2,6-7,9,12,15,22-24H2,1H3,(H,36,37). The third kappa shape index (κ3) is 8.37. The number of para-hydroxylation sites is 1. The lowest BCUT2D eigenvalue weighted by atomic mass is 10.1. The Morgan fingerprint density at radius 3 is 2.52 bits per heavy atom. The average molecular weight is 544 g/mol. The monoisotopic (exact) mass is 543 g/mol. The molecular formula is C33H37NO6. The molecule has 0 saturated heterocycles. The number of rotatable bonds is 14. The Bertz CT molecular complexity index is 1270. The van der Waals surface area contributed by atoms with Gasteiger partial charge in [0.2, 0.25) is 6.10 Å². The number of carbonyl (C=O) groups is 2. The van der Waals surface area contributed by atoms with Crippen LogP contribution in [-0.2, 0) is 20.7 Å². The zero-order valence-corrected chi connectivity index (χ0v) is 23.0. The fourth-order valence-electron chi connectivity index (χ4n) is 4.64. The van der Waals surface area contributed by atoms with Gasteiger partial charge in [0.15, 0.2) is 5.75 Å². The van der Waals surface area contributed by atoms with Gasteiger partial charge in [0.1, 0.15) is 5.75 Å². The lowest BCUT2D eigenvalue weighted by Gasteiger charge is -2.35. The Hall–Kier alpha value is -4.26. The lowest BCUT2D eigenvalue weighted by Crippen LogP contribution is -2.45. The number of benzene rings is 3. The molecule has 0 aromatic heterocycles. The summed E-state index contributed by atoms with van der Waals surface area (Å²) < 4.78 is 16.8. The predicted octanol–water partition coefficient (Wildman–Crippen LogP) is 6.25. The largest absolute Gasteiger partial charge is 0.494 e. The van der Waals surface area contributed by atoms with Crippen LogP contribution in [0.1, 0.15) is 49.3 Å². The van der Waals surface area contributed by atoms with Crippen molar-refractivity contribution in [2.75, 3.05) is 31.2 Å². The third-order valence-corrected chi connectivity index (χ3v) is 6.71. The number of unbranched alkanes of at least 4 members (excludes halogenated alkanes) is 1. The number of carbonyl (C=O) groups excluding carboxylic acids is 1. The highest BCUT2D eigenvalue weighted by Crippen LogP contribution is 2.38. The number of aryl methyl sites for hydroxylation is 1. The molecule has 0 amide bonds. The maximum absolute atomic E-state index is 11.8. The van der Waals surface area contributed by atoms with Gasteiger partial charge in [0, 0.05) is 18.5 Å². The van der Waals surface area contributed by atoms with E-state index in [1.807, 2.05) is 65.6 Å². The zero-order valence-electron chi connectivity index (χ0n) is 23.0. The molecule has 1 heterocycles. The Morgan fingerprint density at radius 1 is 0.975 bits per heavy atom. The van der Waals surface area contributed by atoms with Gasteiger partial charge in [-0.2, -0.15) is 0 Å². The molecular weight excluding hydrogens is 506 g/mol. The molecule has 3 aromatic carbocycles. The van der Waals surface area contributed by atoms with E-state index >= 15 is 0 Å². The van der Waals surface area contributed by atoms with Crippen LogP contribution in [0, 0.1) is 0 Å². The van der Waals surface area contributed by atoms with Crippen LogP contribution < -0.4 is 14.4 Å². The van der Waals surface area contributed by atoms with Crippen LogP contribution >= 0.6 is 0 Å². The van der Waals surface area contributed by atoms with Crippen LogP contribution in [0.4, 0.5) is 5.69 Å². The van der Waals surface area contributed by atoms with Crippen LogP contribution in [0.2, 0.25) is 0 Å². The lowest BCUT2D eigenvalue weighted by molar-refractivity contribution is -0.145. The molecule has 210 valence electrons. The van der Waals surface area contributed by atoms with Crippen molar-refractivity contribution < 1.29 is 28.9 Å². The van der Waals surface area contributed by atoms with E-state index < -0.39 is 12.1 Å². The fraction of sp³-hybridized carbons (Fsp3) is 0.333. The SMILES string of the molecule is CCOC(=O)CCCN1CC(C(=O)O)Oc2c(C=Cc3ccc(OCCCCc4ccccc4)cc3)cccc21.